The minimum Gasteiger partial charge on any atom is -0.508 e. The molecule has 0 bridgehead atoms. The summed E-state index contributed by atoms with van der Waals surface area (Å²) in [5.74, 6) is -0.0857. The number of hydrogen-bond acceptors (Lipinski definition) is 6. The van der Waals surface area contributed by atoms with Crippen molar-refractivity contribution >= 4 is 39.2 Å². The molecule has 5 nitrogen and oxygen atoms in total. The van der Waals surface area contributed by atoms with Crippen LogP contribution < -0.4 is 10.6 Å². The Bertz CT molecular complexity index is 1230. The topological polar surface area (TPSA) is 90.4 Å². The molecule has 0 spiro atoms. The van der Waals surface area contributed by atoms with Gasteiger partial charge in [-0.3, -0.25) is 4.79 Å². The van der Waals surface area contributed by atoms with E-state index < -0.39 is 0 Å². The van der Waals surface area contributed by atoms with E-state index in [0.29, 0.717) is 15.4 Å². The number of anilines is 4. The van der Waals surface area contributed by atoms with E-state index in [1.807, 2.05) is 41.3 Å². The molecule has 3 N–H and O–H groups in total. The number of ketones is 1. The lowest BCUT2D eigenvalue weighted by molar-refractivity contribution is 0.104. The fourth-order valence-electron chi connectivity index (χ4n) is 3.15. The van der Waals surface area contributed by atoms with Crippen LogP contribution in [0.3, 0.4) is 0 Å². The lowest BCUT2D eigenvalue weighted by atomic mass is 10.1. The lowest BCUT2D eigenvalue weighted by Crippen LogP contribution is -2.09. The van der Waals surface area contributed by atoms with Gasteiger partial charge in [0.1, 0.15) is 27.3 Å². The molecule has 0 unspecified atom stereocenters. The number of carbonyl (C=O) groups is 1. The number of phenols is 1. The largest absolute Gasteiger partial charge is 0.508 e. The van der Waals surface area contributed by atoms with E-state index in [9.17, 15) is 15.2 Å². The van der Waals surface area contributed by atoms with Crippen LogP contribution in [-0.4, -0.2) is 10.9 Å². The molecule has 146 valence electrons. The molecular weight excluding hydrogens is 394 g/mol. The highest BCUT2D eigenvalue weighted by Crippen LogP contribution is 2.45. The Kier molecular flexibility index (Phi) is 5.21. The lowest BCUT2D eigenvalue weighted by Gasteiger charge is -2.24. The van der Waals surface area contributed by atoms with Crippen molar-refractivity contribution < 1.29 is 9.90 Å². The number of nitrogens with two attached hydrogens (primary N) is 1. The Morgan fingerprint density at radius 1 is 0.900 bits per heavy atom. The van der Waals surface area contributed by atoms with Gasteiger partial charge in [-0.2, -0.15) is 5.26 Å². The molecule has 0 aliphatic carbocycles. The average molecular weight is 411 g/mol. The first kappa shape index (κ1) is 19.2. The number of nitriles is 1. The van der Waals surface area contributed by atoms with Gasteiger partial charge in [-0.05, 0) is 36.4 Å². The Balaban J connectivity index is 1.90. The summed E-state index contributed by atoms with van der Waals surface area (Å²) >= 11 is 1.18. The van der Waals surface area contributed by atoms with Crippen LogP contribution in [0.15, 0.2) is 84.9 Å². The van der Waals surface area contributed by atoms with Crippen molar-refractivity contribution in [2.24, 2.45) is 0 Å². The molecule has 1 heterocycles. The second kappa shape index (κ2) is 8.11. The number of phenolic OH excluding ortho intramolecular Hbond substituents is 1. The number of hydrogen-bond donors (Lipinski definition) is 2. The van der Waals surface area contributed by atoms with E-state index in [-0.39, 0.29) is 22.8 Å². The van der Waals surface area contributed by atoms with Gasteiger partial charge in [-0.25, -0.2) is 0 Å². The Morgan fingerprint density at radius 3 is 2.07 bits per heavy atom. The van der Waals surface area contributed by atoms with Gasteiger partial charge in [0, 0.05) is 16.9 Å². The van der Waals surface area contributed by atoms with Gasteiger partial charge in [0.25, 0.3) is 0 Å². The van der Waals surface area contributed by atoms with Gasteiger partial charge in [0.15, 0.2) is 0 Å². The van der Waals surface area contributed by atoms with Gasteiger partial charge >= 0.3 is 0 Å². The standard InChI is InChI=1S/C24H17N3O2S/c25-15-20-21(26)23(22(29)16-7-3-1-4-8-16)30-24(20)27(17-9-5-2-6-10-17)18-11-13-19(28)14-12-18/h1-14,28H,26H2. The van der Waals surface area contributed by atoms with Gasteiger partial charge in [0.2, 0.25) is 5.78 Å². The predicted molar refractivity (Wildman–Crippen MR) is 120 cm³/mol. The van der Waals surface area contributed by atoms with Crippen LogP contribution in [0, 0.1) is 11.3 Å². The molecule has 0 fully saturated rings. The Hall–Kier alpha value is -4.08. The van der Waals surface area contributed by atoms with E-state index in [1.54, 1.807) is 48.5 Å². The van der Waals surface area contributed by atoms with Crippen LogP contribution >= 0.6 is 11.3 Å². The molecular formula is C24H17N3O2S. The maximum absolute atomic E-state index is 13.1. The van der Waals surface area contributed by atoms with E-state index in [4.69, 9.17) is 5.73 Å². The second-order valence-corrected chi connectivity index (χ2v) is 7.52. The predicted octanol–water partition coefficient (Wildman–Crippen LogP) is 5.61. The normalized spacial score (nSPS) is 10.4. The number of thiophene rings is 1. The molecule has 0 radical (unpaired) electrons. The van der Waals surface area contributed by atoms with Crippen LogP contribution in [0.1, 0.15) is 20.8 Å². The first-order valence-corrected chi connectivity index (χ1v) is 9.98. The third kappa shape index (κ3) is 3.50. The minimum atomic E-state index is -0.223. The molecule has 1 aromatic heterocycles. The summed E-state index contributed by atoms with van der Waals surface area (Å²) in [6, 6.07) is 27.2. The maximum Gasteiger partial charge on any atom is 0.205 e. The molecule has 0 aliphatic heterocycles. The number of para-hydroxylation sites is 1. The summed E-state index contributed by atoms with van der Waals surface area (Å²) in [6.07, 6.45) is 0. The van der Waals surface area contributed by atoms with Crippen LogP contribution in [0.2, 0.25) is 0 Å². The molecule has 0 amide bonds. The summed E-state index contributed by atoms with van der Waals surface area (Å²) in [5.41, 5.74) is 8.74. The quantitative estimate of drug-likeness (QED) is 0.417. The van der Waals surface area contributed by atoms with Crippen molar-refractivity contribution in [2.45, 2.75) is 0 Å². The summed E-state index contributed by atoms with van der Waals surface area (Å²) in [7, 11) is 0. The summed E-state index contributed by atoms with van der Waals surface area (Å²) < 4.78 is 0. The fourth-order valence-corrected chi connectivity index (χ4v) is 4.32. The zero-order valence-corrected chi connectivity index (χ0v) is 16.6. The SMILES string of the molecule is N#Cc1c(N(c2ccccc2)c2ccc(O)cc2)sc(C(=O)c2ccccc2)c1N. The molecule has 3 aromatic carbocycles. The zero-order valence-electron chi connectivity index (χ0n) is 15.8. The van der Waals surface area contributed by atoms with E-state index in [2.05, 4.69) is 6.07 Å². The molecule has 0 atom stereocenters. The molecule has 0 aliphatic rings. The zero-order chi connectivity index (χ0) is 21.1. The van der Waals surface area contributed by atoms with Crippen LogP contribution in [-0.2, 0) is 0 Å². The third-order valence-corrected chi connectivity index (χ3v) is 5.80. The average Bonchev–Trinajstić information content (AvgIpc) is 3.12. The van der Waals surface area contributed by atoms with Crippen molar-refractivity contribution in [3.8, 4) is 11.8 Å². The van der Waals surface area contributed by atoms with Gasteiger partial charge in [-0.1, -0.05) is 48.5 Å². The molecule has 6 heteroatoms. The summed E-state index contributed by atoms with van der Waals surface area (Å²) in [4.78, 5) is 15.2. The third-order valence-electron chi connectivity index (χ3n) is 4.61. The number of rotatable bonds is 5. The number of nitrogens with zero attached hydrogens (tertiary/aromatic N) is 2. The minimum absolute atomic E-state index is 0.137. The maximum atomic E-state index is 13.1. The highest BCUT2D eigenvalue weighted by atomic mass is 32.1. The van der Waals surface area contributed by atoms with E-state index in [0.717, 1.165) is 11.4 Å². The molecule has 4 aromatic rings. The first-order valence-electron chi connectivity index (χ1n) is 9.16. The van der Waals surface area contributed by atoms with Gasteiger partial charge in [-0.15, -0.1) is 11.3 Å². The van der Waals surface area contributed by atoms with E-state index >= 15 is 0 Å². The Morgan fingerprint density at radius 2 is 1.47 bits per heavy atom. The van der Waals surface area contributed by atoms with Crippen molar-refractivity contribution in [3.63, 3.8) is 0 Å². The fraction of sp³-hybridized carbons (Fsp3) is 0. The van der Waals surface area contributed by atoms with Crippen molar-refractivity contribution in [3.05, 3.63) is 101 Å². The highest BCUT2D eigenvalue weighted by Gasteiger charge is 2.26. The second-order valence-electron chi connectivity index (χ2n) is 6.52. The first-order chi connectivity index (χ1) is 14.6. The van der Waals surface area contributed by atoms with Gasteiger partial charge in [0.05, 0.1) is 5.69 Å². The summed E-state index contributed by atoms with van der Waals surface area (Å²) in [5, 5.41) is 20.1. The van der Waals surface area contributed by atoms with E-state index in [1.165, 1.54) is 11.3 Å². The van der Waals surface area contributed by atoms with Crippen molar-refractivity contribution in [1.29, 1.82) is 5.26 Å². The Labute approximate surface area is 177 Å². The number of carbonyl (C=O) groups excluding carboxylic acids is 1. The van der Waals surface area contributed by atoms with Crippen LogP contribution in [0.25, 0.3) is 0 Å². The molecule has 0 saturated carbocycles. The molecule has 0 saturated heterocycles. The molecule has 4 rings (SSSR count). The van der Waals surface area contributed by atoms with Gasteiger partial charge < -0.3 is 15.7 Å². The molecule has 30 heavy (non-hydrogen) atoms. The van der Waals surface area contributed by atoms with Crippen LogP contribution in [0.4, 0.5) is 22.1 Å². The van der Waals surface area contributed by atoms with Crippen molar-refractivity contribution in [1.82, 2.24) is 0 Å². The van der Waals surface area contributed by atoms with Crippen molar-refractivity contribution in [2.75, 3.05) is 10.6 Å². The monoisotopic (exact) mass is 411 g/mol. The summed E-state index contributed by atoms with van der Waals surface area (Å²) in [6.45, 7) is 0. The number of benzene rings is 3. The number of aromatic hydroxyl groups is 1. The highest BCUT2D eigenvalue weighted by molar-refractivity contribution is 7.19. The number of nitrogen functional groups attached to an aromatic ring is 1. The van der Waals surface area contributed by atoms with Crippen LogP contribution in [0.5, 0.6) is 5.75 Å². The smallest absolute Gasteiger partial charge is 0.205 e.